The van der Waals surface area contributed by atoms with Crippen molar-refractivity contribution in [2.75, 3.05) is 18.1 Å². The van der Waals surface area contributed by atoms with Crippen LogP contribution in [0, 0.1) is 0 Å². The van der Waals surface area contributed by atoms with E-state index >= 15 is 0 Å². The van der Waals surface area contributed by atoms with Gasteiger partial charge in [-0.2, -0.15) is 0 Å². The van der Waals surface area contributed by atoms with Crippen molar-refractivity contribution >= 4 is 17.6 Å². The molecule has 1 aromatic heterocycles. The molecule has 2 aromatic rings. The average molecular weight is 291 g/mol. The molecule has 6 heteroatoms. The van der Waals surface area contributed by atoms with Crippen LogP contribution >= 0.6 is 11.8 Å². The highest BCUT2D eigenvalue weighted by Crippen LogP contribution is 2.16. The van der Waals surface area contributed by atoms with Crippen LogP contribution in [0.1, 0.15) is 12.5 Å². The Balaban J connectivity index is 1.82. The van der Waals surface area contributed by atoms with E-state index in [0.717, 1.165) is 12.2 Å². The van der Waals surface area contributed by atoms with Gasteiger partial charge in [-0.3, -0.25) is 4.79 Å². The molecule has 0 saturated carbocycles. The highest BCUT2D eigenvalue weighted by Gasteiger charge is 2.00. The molecule has 0 radical (unpaired) electrons. The molecule has 0 aliphatic heterocycles. The maximum Gasteiger partial charge on any atom is 0.253 e. The van der Waals surface area contributed by atoms with Gasteiger partial charge in [0.25, 0.3) is 5.56 Å². The molecule has 20 heavy (non-hydrogen) atoms. The number of aromatic amines is 1. The molecule has 2 rings (SSSR count). The van der Waals surface area contributed by atoms with Gasteiger partial charge in [-0.05, 0) is 24.1 Å². The predicted octanol–water partition coefficient (Wildman–Crippen LogP) is 2.09. The van der Waals surface area contributed by atoms with Gasteiger partial charge in [-0.25, -0.2) is 4.98 Å². The first-order valence-corrected chi connectivity index (χ1v) is 7.37. The molecule has 1 heterocycles. The lowest BCUT2D eigenvalue weighted by Crippen LogP contribution is -2.10. The summed E-state index contributed by atoms with van der Waals surface area (Å²) in [5, 5.41) is 0.515. The Bertz CT molecular complexity index is 628. The van der Waals surface area contributed by atoms with Crippen LogP contribution in [0.15, 0.2) is 40.3 Å². The normalized spacial score (nSPS) is 10.4. The number of aryl methyl sites for hydroxylation is 1. The number of benzene rings is 1. The van der Waals surface area contributed by atoms with Crippen molar-refractivity contribution in [3.05, 3.63) is 46.2 Å². The summed E-state index contributed by atoms with van der Waals surface area (Å²) in [4.78, 5) is 17.9. The first kappa shape index (κ1) is 14.5. The van der Waals surface area contributed by atoms with Crippen molar-refractivity contribution in [2.45, 2.75) is 18.5 Å². The van der Waals surface area contributed by atoms with Gasteiger partial charge in [0.2, 0.25) is 0 Å². The highest BCUT2D eigenvalue weighted by molar-refractivity contribution is 7.99. The van der Waals surface area contributed by atoms with Gasteiger partial charge in [0, 0.05) is 11.8 Å². The van der Waals surface area contributed by atoms with Gasteiger partial charge in [0.1, 0.15) is 11.6 Å². The molecule has 3 N–H and O–H groups in total. The number of hydrogen-bond acceptors (Lipinski definition) is 5. The third-order valence-electron chi connectivity index (χ3n) is 2.64. The molecular weight excluding hydrogens is 274 g/mol. The molecule has 0 aliphatic rings. The zero-order valence-electron chi connectivity index (χ0n) is 11.3. The molecule has 0 spiro atoms. The summed E-state index contributed by atoms with van der Waals surface area (Å²) >= 11 is 1.41. The fraction of sp³-hybridized carbons (Fsp3) is 0.286. The minimum atomic E-state index is -0.239. The highest BCUT2D eigenvalue weighted by atomic mass is 32.2. The van der Waals surface area contributed by atoms with Crippen molar-refractivity contribution in [1.29, 1.82) is 0 Å². The van der Waals surface area contributed by atoms with Crippen LogP contribution < -0.4 is 16.0 Å². The summed E-state index contributed by atoms with van der Waals surface area (Å²) in [6.45, 7) is 2.65. The third kappa shape index (κ3) is 4.31. The standard InChI is InChI=1S/C14H17N3O2S/c1-2-10-4-3-5-11(8-10)19-6-7-20-14-16-12(15)9-13(18)17-14/h3-5,8-9H,2,6-7H2,1H3,(H3,15,16,17,18). The molecule has 0 saturated heterocycles. The van der Waals surface area contributed by atoms with Crippen LogP contribution in [0.25, 0.3) is 0 Å². The van der Waals surface area contributed by atoms with Gasteiger partial charge in [0.05, 0.1) is 6.61 Å². The van der Waals surface area contributed by atoms with E-state index < -0.39 is 0 Å². The van der Waals surface area contributed by atoms with E-state index in [0.29, 0.717) is 17.5 Å². The van der Waals surface area contributed by atoms with Crippen molar-refractivity contribution in [3.8, 4) is 5.75 Å². The maximum absolute atomic E-state index is 11.2. The smallest absolute Gasteiger partial charge is 0.253 e. The van der Waals surface area contributed by atoms with E-state index in [-0.39, 0.29) is 11.4 Å². The van der Waals surface area contributed by atoms with E-state index in [9.17, 15) is 4.79 Å². The second-order valence-corrected chi connectivity index (χ2v) is 5.26. The number of nitrogen functional groups attached to an aromatic ring is 1. The SMILES string of the molecule is CCc1cccc(OCCSc2nc(N)cc(=O)[nH]2)c1. The Labute approximate surface area is 121 Å². The molecule has 5 nitrogen and oxygen atoms in total. The fourth-order valence-electron chi connectivity index (χ4n) is 1.67. The Hall–Kier alpha value is -1.95. The van der Waals surface area contributed by atoms with E-state index in [1.54, 1.807) is 0 Å². The molecular formula is C14H17N3O2S. The lowest BCUT2D eigenvalue weighted by atomic mass is 10.2. The summed E-state index contributed by atoms with van der Waals surface area (Å²) < 4.78 is 5.66. The van der Waals surface area contributed by atoms with Crippen LogP contribution in [0.3, 0.4) is 0 Å². The first-order chi connectivity index (χ1) is 9.67. The van der Waals surface area contributed by atoms with Gasteiger partial charge in [-0.15, -0.1) is 0 Å². The molecule has 0 bridgehead atoms. The molecule has 0 atom stereocenters. The predicted molar refractivity (Wildman–Crippen MR) is 81.3 cm³/mol. The van der Waals surface area contributed by atoms with Crippen LogP contribution in [0.4, 0.5) is 5.82 Å². The zero-order chi connectivity index (χ0) is 14.4. The van der Waals surface area contributed by atoms with E-state index in [4.69, 9.17) is 10.5 Å². The number of anilines is 1. The number of rotatable bonds is 6. The number of thioether (sulfide) groups is 1. The van der Waals surface area contributed by atoms with Crippen molar-refractivity contribution in [3.63, 3.8) is 0 Å². The number of nitrogens with one attached hydrogen (secondary N) is 1. The average Bonchev–Trinajstić information content (AvgIpc) is 2.43. The molecule has 1 aromatic carbocycles. The summed E-state index contributed by atoms with van der Waals surface area (Å²) in [6.07, 6.45) is 0.987. The van der Waals surface area contributed by atoms with Crippen LogP contribution in [-0.4, -0.2) is 22.3 Å². The van der Waals surface area contributed by atoms with Crippen molar-refractivity contribution in [1.82, 2.24) is 9.97 Å². The summed E-state index contributed by atoms with van der Waals surface area (Å²) in [6, 6.07) is 9.29. The number of H-pyrrole nitrogens is 1. The monoisotopic (exact) mass is 291 g/mol. The zero-order valence-corrected chi connectivity index (χ0v) is 12.1. The number of nitrogens with two attached hydrogens (primary N) is 1. The van der Waals surface area contributed by atoms with Crippen molar-refractivity contribution in [2.24, 2.45) is 0 Å². The Morgan fingerprint density at radius 1 is 1.40 bits per heavy atom. The number of hydrogen-bond donors (Lipinski definition) is 2. The number of ether oxygens (including phenoxy) is 1. The lowest BCUT2D eigenvalue weighted by molar-refractivity contribution is 0.343. The second-order valence-electron chi connectivity index (χ2n) is 4.17. The Morgan fingerprint density at radius 2 is 2.25 bits per heavy atom. The quantitative estimate of drug-likeness (QED) is 0.484. The van der Waals surface area contributed by atoms with E-state index in [1.165, 1.54) is 23.4 Å². The summed E-state index contributed by atoms with van der Waals surface area (Å²) in [5.41, 5.74) is 6.52. The third-order valence-corrected chi connectivity index (χ3v) is 3.47. The second kappa shape index (κ2) is 7.00. The van der Waals surface area contributed by atoms with E-state index in [2.05, 4.69) is 23.0 Å². The van der Waals surface area contributed by atoms with Gasteiger partial charge >= 0.3 is 0 Å². The molecule has 0 aliphatic carbocycles. The van der Waals surface area contributed by atoms with E-state index in [1.807, 2.05) is 18.2 Å². The Kier molecular flexibility index (Phi) is 5.06. The summed E-state index contributed by atoms with van der Waals surface area (Å²) in [5.74, 6) is 1.77. The summed E-state index contributed by atoms with van der Waals surface area (Å²) in [7, 11) is 0. The topological polar surface area (TPSA) is 81.0 Å². The molecule has 0 amide bonds. The molecule has 106 valence electrons. The molecule has 0 unspecified atom stereocenters. The first-order valence-electron chi connectivity index (χ1n) is 6.38. The number of aromatic nitrogens is 2. The molecule has 0 fully saturated rings. The van der Waals surface area contributed by atoms with Crippen LogP contribution in [0.2, 0.25) is 0 Å². The minimum absolute atomic E-state index is 0.229. The fourth-order valence-corrected chi connectivity index (χ4v) is 2.38. The van der Waals surface area contributed by atoms with Gasteiger partial charge in [-0.1, -0.05) is 30.8 Å². The lowest BCUT2D eigenvalue weighted by Gasteiger charge is -2.07. The van der Waals surface area contributed by atoms with Crippen molar-refractivity contribution < 1.29 is 4.74 Å². The van der Waals surface area contributed by atoms with Gasteiger partial charge < -0.3 is 15.5 Å². The maximum atomic E-state index is 11.2. The minimum Gasteiger partial charge on any atom is -0.493 e. The van der Waals surface area contributed by atoms with Crippen LogP contribution in [-0.2, 0) is 6.42 Å². The largest absolute Gasteiger partial charge is 0.493 e. The van der Waals surface area contributed by atoms with Crippen LogP contribution in [0.5, 0.6) is 5.75 Å². The van der Waals surface area contributed by atoms with Gasteiger partial charge in [0.15, 0.2) is 5.16 Å². The Morgan fingerprint density at radius 3 is 3.00 bits per heavy atom. The number of nitrogens with zero attached hydrogens (tertiary/aromatic N) is 1.